The molecule has 2 saturated heterocycles. The molecule has 2 fully saturated rings. The van der Waals surface area contributed by atoms with Crippen molar-refractivity contribution in [3.05, 3.63) is 28.5 Å². The predicted octanol–water partition coefficient (Wildman–Crippen LogP) is 1.13. The Bertz CT molecular complexity index is 665. The number of hydrogen-bond donors (Lipinski definition) is 1. The third kappa shape index (κ3) is 7.22. The zero-order valence-corrected chi connectivity index (χ0v) is 18.0. The largest absolute Gasteiger partial charge is 0.379 e. The van der Waals surface area contributed by atoms with E-state index in [2.05, 4.69) is 22.2 Å². The zero-order chi connectivity index (χ0) is 20.5. The number of carbonyl (C=O) groups excluding carboxylic acids is 2. The van der Waals surface area contributed by atoms with Crippen molar-refractivity contribution in [2.75, 3.05) is 66.1 Å². The van der Waals surface area contributed by atoms with Crippen LogP contribution in [0.25, 0.3) is 6.08 Å². The minimum absolute atomic E-state index is 0.00251. The molecule has 7 nitrogen and oxygen atoms in total. The standard InChI is InChI=1S/C21H32N4O3S/c1-23(10-11-24-12-14-28-15-13-24)18-6-8-25(9-7-18)21(27)17-22-20(26)5-4-19-3-2-16-29-19/h2-5,16,18H,6-15,17H2,1H3,(H,22,26)/b5-4+. The van der Waals surface area contributed by atoms with Gasteiger partial charge in [0.05, 0.1) is 19.8 Å². The summed E-state index contributed by atoms with van der Waals surface area (Å²) in [6.45, 7) is 7.41. The number of morpholine rings is 1. The van der Waals surface area contributed by atoms with Gasteiger partial charge in [-0.15, -0.1) is 11.3 Å². The molecule has 8 heteroatoms. The van der Waals surface area contributed by atoms with Crippen molar-refractivity contribution in [2.45, 2.75) is 18.9 Å². The molecule has 0 aromatic carbocycles. The third-order valence-electron chi connectivity index (χ3n) is 5.67. The van der Waals surface area contributed by atoms with Crippen LogP contribution in [-0.2, 0) is 14.3 Å². The number of rotatable bonds is 8. The first kappa shape index (κ1) is 22.0. The Kier molecular flexibility index (Phi) is 8.67. The highest BCUT2D eigenvalue weighted by Crippen LogP contribution is 2.15. The Balaban J connectivity index is 1.31. The molecule has 160 valence electrons. The molecule has 1 N–H and O–H groups in total. The van der Waals surface area contributed by atoms with Gasteiger partial charge in [-0.1, -0.05) is 6.07 Å². The predicted molar refractivity (Wildman–Crippen MR) is 116 cm³/mol. The number of nitrogens with one attached hydrogen (secondary N) is 1. The molecule has 29 heavy (non-hydrogen) atoms. The summed E-state index contributed by atoms with van der Waals surface area (Å²) in [6, 6.07) is 4.40. The Morgan fingerprint density at radius 1 is 1.28 bits per heavy atom. The summed E-state index contributed by atoms with van der Waals surface area (Å²) in [6.07, 6.45) is 5.21. The molecule has 2 aliphatic rings. The first-order chi connectivity index (χ1) is 14.1. The highest BCUT2D eigenvalue weighted by Gasteiger charge is 2.25. The van der Waals surface area contributed by atoms with E-state index in [1.165, 1.54) is 6.08 Å². The molecule has 3 heterocycles. The van der Waals surface area contributed by atoms with E-state index >= 15 is 0 Å². The smallest absolute Gasteiger partial charge is 0.244 e. The van der Waals surface area contributed by atoms with Gasteiger partial charge in [0.15, 0.2) is 0 Å². The van der Waals surface area contributed by atoms with Gasteiger partial charge in [-0.25, -0.2) is 0 Å². The lowest BCUT2D eigenvalue weighted by Gasteiger charge is -2.38. The second-order valence-corrected chi connectivity index (χ2v) is 8.59. The fourth-order valence-corrected chi connectivity index (χ4v) is 4.36. The van der Waals surface area contributed by atoms with E-state index in [4.69, 9.17) is 4.74 Å². The van der Waals surface area contributed by atoms with Crippen LogP contribution in [-0.4, -0.2) is 98.6 Å². The second kappa shape index (κ2) is 11.4. The number of likely N-dealkylation sites (tertiary alicyclic amines) is 1. The van der Waals surface area contributed by atoms with Gasteiger partial charge in [-0.2, -0.15) is 0 Å². The van der Waals surface area contributed by atoms with Crippen LogP contribution in [0.15, 0.2) is 23.6 Å². The molecule has 0 atom stereocenters. The van der Waals surface area contributed by atoms with Gasteiger partial charge in [0.1, 0.15) is 0 Å². The summed E-state index contributed by atoms with van der Waals surface area (Å²) < 4.78 is 5.40. The van der Waals surface area contributed by atoms with Crippen molar-refractivity contribution in [3.63, 3.8) is 0 Å². The maximum atomic E-state index is 12.4. The van der Waals surface area contributed by atoms with Crippen molar-refractivity contribution >= 4 is 29.2 Å². The highest BCUT2D eigenvalue weighted by molar-refractivity contribution is 7.10. The van der Waals surface area contributed by atoms with Crippen molar-refractivity contribution in [1.82, 2.24) is 20.0 Å². The van der Waals surface area contributed by atoms with Crippen molar-refractivity contribution in [1.29, 1.82) is 0 Å². The van der Waals surface area contributed by atoms with Crippen LogP contribution in [0.1, 0.15) is 17.7 Å². The van der Waals surface area contributed by atoms with E-state index in [0.29, 0.717) is 6.04 Å². The minimum Gasteiger partial charge on any atom is -0.379 e. The first-order valence-electron chi connectivity index (χ1n) is 10.4. The number of carbonyl (C=O) groups is 2. The number of likely N-dealkylation sites (N-methyl/N-ethyl adjacent to an activating group) is 1. The van der Waals surface area contributed by atoms with E-state index in [1.807, 2.05) is 22.4 Å². The highest BCUT2D eigenvalue weighted by atomic mass is 32.1. The number of ether oxygens (including phenoxy) is 1. The SMILES string of the molecule is CN(CCN1CCOCC1)C1CCN(C(=O)CNC(=O)/C=C/c2cccs2)CC1. The average molecular weight is 421 g/mol. The minimum atomic E-state index is -0.232. The van der Waals surface area contributed by atoms with Gasteiger partial charge >= 0.3 is 0 Å². The van der Waals surface area contributed by atoms with Crippen LogP contribution in [0.2, 0.25) is 0 Å². The lowest BCUT2D eigenvalue weighted by atomic mass is 10.0. The molecular formula is C21H32N4O3S. The first-order valence-corrected chi connectivity index (χ1v) is 11.3. The molecule has 3 rings (SSSR count). The van der Waals surface area contributed by atoms with Crippen molar-refractivity contribution < 1.29 is 14.3 Å². The van der Waals surface area contributed by atoms with Gasteiger partial charge in [0, 0.05) is 56.3 Å². The number of amides is 2. The normalized spacial score (nSPS) is 19.2. The molecule has 0 unspecified atom stereocenters. The van der Waals surface area contributed by atoms with Crippen molar-refractivity contribution in [2.24, 2.45) is 0 Å². The number of hydrogen-bond acceptors (Lipinski definition) is 6. The molecule has 2 amide bonds. The summed E-state index contributed by atoms with van der Waals surface area (Å²) in [5.41, 5.74) is 0. The zero-order valence-electron chi connectivity index (χ0n) is 17.2. The molecule has 0 bridgehead atoms. The Labute approximate surface area is 177 Å². The van der Waals surface area contributed by atoms with Crippen LogP contribution in [0.4, 0.5) is 0 Å². The van der Waals surface area contributed by atoms with Gasteiger partial charge in [0.25, 0.3) is 0 Å². The van der Waals surface area contributed by atoms with Gasteiger partial charge in [-0.05, 0) is 37.4 Å². The van der Waals surface area contributed by atoms with Crippen LogP contribution < -0.4 is 5.32 Å². The maximum absolute atomic E-state index is 12.4. The van der Waals surface area contributed by atoms with E-state index in [-0.39, 0.29) is 18.4 Å². The van der Waals surface area contributed by atoms with Crippen LogP contribution in [0.3, 0.4) is 0 Å². The summed E-state index contributed by atoms with van der Waals surface area (Å²) in [5, 5.41) is 4.66. The van der Waals surface area contributed by atoms with E-state index < -0.39 is 0 Å². The second-order valence-electron chi connectivity index (χ2n) is 7.61. The molecule has 1 aromatic rings. The Morgan fingerprint density at radius 3 is 2.72 bits per heavy atom. The topological polar surface area (TPSA) is 65.1 Å². The van der Waals surface area contributed by atoms with E-state index in [1.54, 1.807) is 17.4 Å². The Morgan fingerprint density at radius 2 is 2.03 bits per heavy atom. The summed E-state index contributed by atoms with van der Waals surface area (Å²) in [5.74, 6) is -0.234. The summed E-state index contributed by atoms with van der Waals surface area (Å²) in [4.78, 5) is 32.1. The maximum Gasteiger partial charge on any atom is 0.244 e. The molecule has 1 aromatic heterocycles. The monoisotopic (exact) mass is 420 g/mol. The number of nitrogens with zero attached hydrogens (tertiary/aromatic N) is 3. The van der Waals surface area contributed by atoms with Gasteiger partial charge < -0.3 is 19.9 Å². The number of piperidine rings is 1. The molecular weight excluding hydrogens is 388 g/mol. The fourth-order valence-electron chi connectivity index (χ4n) is 3.74. The van der Waals surface area contributed by atoms with E-state index in [9.17, 15) is 9.59 Å². The fraction of sp³-hybridized carbons (Fsp3) is 0.619. The van der Waals surface area contributed by atoms with Crippen LogP contribution in [0, 0.1) is 0 Å². The molecule has 0 aliphatic carbocycles. The lowest BCUT2D eigenvalue weighted by molar-refractivity contribution is -0.133. The molecule has 0 saturated carbocycles. The van der Waals surface area contributed by atoms with Crippen molar-refractivity contribution in [3.8, 4) is 0 Å². The van der Waals surface area contributed by atoms with Crippen LogP contribution in [0.5, 0.6) is 0 Å². The summed E-state index contributed by atoms with van der Waals surface area (Å²) >= 11 is 1.57. The van der Waals surface area contributed by atoms with E-state index in [0.717, 1.165) is 70.2 Å². The third-order valence-corrected chi connectivity index (χ3v) is 6.51. The molecule has 0 spiro atoms. The average Bonchev–Trinajstić information content (AvgIpc) is 3.29. The quantitative estimate of drug-likeness (QED) is 0.639. The van der Waals surface area contributed by atoms with Crippen LogP contribution >= 0.6 is 11.3 Å². The van der Waals surface area contributed by atoms with Gasteiger partial charge in [0.2, 0.25) is 11.8 Å². The summed E-state index contributed by atoms with van der Waals surface area (Å²) in [7, 11) is 2.18. The Hall–Kier alpha value is -1.74. The van der Waals surface area contributed by atoms with Gasteiger partial charge in [-0.3, -0.25) is 14.5 Å². The molecule has 0 radical (unpaired) electrons. The number of thiophene rings is 1. The molecule has 2 aliphatic heterocycles. The lowest BCUT2D eigenvalue weighted by Crippen LogP contribution is -2.49.